The van der Waals surface area contributed by atoms with E-state index in [4.69, 9.17) is 19.4 Å². The first-order valence-electron chi connectivity index (χ1n) is 12.1. The van der Waals surface area contributed by atoms with Crippen molar-refractivity contribution in [3.05, 3.63) is 63.9 Å². The number of hydroxylamine groups is 1. The van der Waals surface area contributed by atoms with Crippen LogP contribution in [-0.2, 0) is 14.4 Å². The topological polar surface area (TPSA) is 135 Å². The van der Waals surface area contributed by atoms with E-state index >= 15 is 0 Å². The smallest absolute Gasteiger partial charge is 0.349 e. The monoisotopic (exact) mass is 618 g/mol. The van der Waals surface area contributed by atoms with E-state index in [1.165, 1.54) is 12.2 Å². The number of para-hydroxylation sites is 1. The van der Waals surface area contributed by atoms with Gasteiger partial charge in [-0.25, -0.2) is 9.59 Å². The van der Waals surface area contributed by atoms with E-state index in [9.17, 15) is 19.5 Å². The number of nitrogens with one attached hydrogen (secondary N) is 1. The van der Waals surface area contributed by atoms with Gasteiger partial charge in [0.2, 0.25) is 0 Å². The number of carboxylic acids is 2. The largest absolute Gasteiger partial charge is 0.480 e. The minimum atomic E-state index is -1.24. The molecule has 206 valence electrons. The summed E-state index contributed by atoms with van der Waals surface area (Å²) in [6, 6.07) is 16.0. The molecule has 1 unspecified atom stereocenters. The maximum absolute atomic E-state index is 13.8. The SMILES string of the molecule is CON(C(=O)C(Oc1cccc(-c2sc(C(=O)O)c(OCC(=O)O)c2Br)c1)C1CCNCC1)c1ccccc1. The third kappa shape index (κ3) is 6.77. The summed E-state index contributed by atoms with van der Waals surface area (Å²) >= 11 is 4.32. The number of aliphatic carboxylic acids is 1. The molecular weight excluding hydrogens is 592 g/mol. The molecule has 10 nitrogen and oxygen atoms in total. The average Bonchev–Trinajstić information content (AvgIpc) is 3.28. The molecule has 1 fully saturated rings. The molecule has 0 bridgehead atoms. The van der Waals surface area contributed by atoms with Crippen molar-refractivity contribution in [2.24, 2.45) is 5.92 Å². The van der Waals surface area contributed by atoms with E-state index in [0.29, 0.717) is 26.4 Å². The van der Waals surface area contributed by atoms with Crippen LogP contribution in [0.5, 0.6) is 11.5 Å². The zero-order chi connectivity index (χ0) is 27.9. The highest BCUT2D eigenvalue weighted by Crippen LogP contribution is 2.46. The maximum atomic E-state index is 13.8. The molecule has 0 aliphatic carbocycles. The van der Waals surface area contributed by atoms with Gasteiger partial charge in [-0.2, -0.15) is 5.06 Å². The molecule has 1 aliphatic heterocycles. The quantitative estimate of drug-likeness (QED) is 0.262. The van der Waals surface area contributed by atoms with Gasteiger partial charge in [0, 0.05) is 5.92 Å². The van der Waals surface area contributed by atoms with Crippen molar-refractivity contribution in [2.75, 3.05) is 31.9 Å². The van der Waals surface area contributed by atoms with Crippen LogP contribution in [0.2, 0.25) is 0 Å². The summed E-state index contributed by atoms with van der Waals surface area (Å²) in [6.07, 6.45) is 0.648. The normalized spacial score (nSPS) is 14.4. The first-order valence-corrected chi connectivity index (χ1v) is 13.7. The lowest BCUT2D eigenvalue weighted by Gasteiger charge is -2.33. The van der Waals surface area contributed by atoms with E-state index in [0.717, 1.165) is 37.3 Å². The fraction of sp³-hybridized carbons (Fsp3) is 0.296. The van der Waals surface area contributed by atoms with E-state index < -0.39 is 24.6 Å². The molecule has 3 N–H and O–H groups in total. The summed E-state index contributed by atoms with van der Waals surface area (Å²) in [4.78, 5) is 42.4. The Morgan fingerprint density at radius 2 is 1.82 bits per heavy atom. The molecule has 0 saturated carbocycles. The number of thiophene rings is 1. The van der Waals surface area contributed by atoms with Gasteiger partial charge in [-0.05, 0) is 71.7 Å². The number of carbonyl (C=O) groups is 3. The highest BCUT2D eigenvalue weighted by atomic mass is 79.9. The van der Waals surface area contributed by atoms with E-state index in [1.807, 2.05) is 18.2 Å². The number of nitrogens with zero attached hydrogens (tertiary/aromatic N) is 1. The Morgan fingerprint density at radius 1 is 1.10 bits per heavy atom. The molecule has 1 aliphatic rings. The van der Waals surface area contributed by atoms with Gasteiger partial charge in [-0.3, -0.25) is 9.63 Å². The Labute approximate surface area is 237 Å². The molecule has 2 aromatic carbocycles. The van der Waals surface area contributed by atoms with E-state index in [-0.39, 0.29) is 22.5 Å². The molecule has 1 aromatic heterocycles. The first-order chi connectivity index (χ1) is 18.8. The summed E-state index contributed by atoms with van der Waals surface area (Å²) in [5, 5.41) is 23.2. The molecule has 1 atom stereocenters. The fourth-order valence-electron chi connectivity index (χ4n) is 4.34. The number of aromatic carboxylic acids is 1. The number of rotatable bonds is 11. The molecule has 1 amide bonds. The number of hydrogen-bond acceptors (Lipinski definition) is 8. The number of carbonyl (C=O) groups excluding carboxylic acids is 1. The van der Waals surface area contributed by atoms with Crippen molar-refractivity contribution >= 4 is 50.8 Å². The Hall–Kier alpha value is -3.45. The number of ether oxygens (including phenoxy) is 2. The second-order valence-electron chi connectivity index (χ2n) is 8.70. The maximum Gasteiger partial charge on any atom is 0.349 e. The third-order valence-corrected chi connectivity index (χ3v) is 8.36. The number of hydrogen-bond donors (Lipinski definition) is 3. The molecule has 1 saturated heterocycles. The number of carboxylic acid groups (broad SMARTS) is 2. The highest BCUT2D eigenvalue weighted by molar-refractivity contribution is 9.10. The minimum Gasteiger partial charge on any atom is -0.480 e. The summed E-state index contributed by atoms with van der Waals surface area (Å²) in [6.45, 7) is 0.834. The summed E-state index contributed by atoms with van der Waals surface area (Å²) < 4.78 is 11.9. The third-order valence-electron chi connectivity index (χ3n) is 6.13. The van der Waals surface area contributed by atoms with Crippen LogP contribution in [-0.4, -0.2) is 61.0 Å². The fourth-order valence-corrected chi connectivity index (χ4v) is 6.23. The predicted molar refractivity (Wildman–Crippen MR) is 148 cm³/mol. The van der Waals surface area contributed by atoms with Crippen molar-refractivity contribution in [3.8, 4) is 21.9 Å². The zero-order valence-corrected chi connectivity index (χ0v) is 23.4. The predicted octanol–water partition coefficient (Wildman–Crippen LogP) is 4.68. The van der Waals surface area contributed by atoms with Crippen LogP contribution in [0.4, 0.5) is 5.69 Å². The Morgan fingerprint density at radius 3 is 2.46 bits per heavy atom. The summed E-state index contributed by atoms with van der Waals surface area (Å²) in [5.74, 6) is -2.51. The number of anilines is 1. The van der Waals surface area contributed by atoms with E-state index in [1.54, 1.807) is 36.4 Å². The van der Waals surface area contributed by atoms with Gasteiger partial charge in [-0.1, -0.05) is 30.3 Å². The Bertz CT molecular complexity index is 1330. The lowest BCUT2D eigenvalue weighted by Crippen LogP contribution is -2.48. The molecule has 4 rings (SSSR count). The van der Waals surface area contributed by atoms with Gasteiger partial charge in [0.1, 0.15) is 5.75 Å². The number of amides is 1. The Kier molecular flexibility index (Phi) is 9.57. The van der Waals surface area contributed by atoms with Crippen molar-refractivity contribution < 1.29 is 38.9 Å². The highest BCUT2D eigenvalue weighted by Gasteiger charge is 2.36. The molecule has 0 radical (unpaired) electrons. The van der Waals surface area contributed by atoms with E-state index in [2.05, 4.69) is 21.2 Å². The molecular formula is C27H27BrN2O8S. The van der Waals surface area contributed by atoms with Gasteiger partial charge < -0.3 is 25.0 Å². The number of halogens is 1. The Balaban J connectivity index is 1.66. The van der Waals surface area contributed by atoms with Crippen LogP contribution in [0, 0.1) is 5.92 Å². The summed E-state index contributed by atoms with van der Waals surface area (Å²) in [5.41, 5.74) is 1.19. The molecule has 0 spiro atoms. The van der Waals surface area contributed by atoms with Gasteiger partial charge in [0.15, 0.2) is 23.3 Å². The lowest BCUT2D eigenvalue weighted by molar-refractivity contribution is -0.139. The minimum absolute atomic E-state index is 0.0578. The van der Waals surface area contributed by atoms with Crippen LogP contribution in [0.1, 0.15) is 22.5 Å². The molecule has 39 heavy (non-hydrogen) atoms. The molecule has 2 heterocycles. The molecule has 3 aromatic rings. The van der Waals surface area contributed by atoms with Gasteiger partial charge >= 0.3 is 11.9 Å². The van der Waals surface area contributed by atoms with Crippen LogP contribution in [0.15, 0.2) is 59.1 Å². The van der Waals surface area contributed by atoms with Crippen LogP contribution in [0.25, 0.3) is 10.4 Å². The average molecular weight is 619 g/mol. The van der Waals surface area contributed by atoms with Crippen LogP contribution in [0.3, 0.4) is 0 Å². The standard InChI is InChI=1S/C27H27BrN2O8S/c1-36-30(18-7-3-2-4-8-18)26(33)22(16-10-12-29-13-11-16)38-19-9-5-6-17(14-19)24-21(28)23(37-15-20(31)32)25(39-24)27(34)35/h2-9,14,16,22,29H,10-13,15H2,1H3,(H,31,32)(H,34,35). The summed E-state index contributed by atoms with van der Waals surface area (Å²) in [7, 11) is 1.43. The van der Waals surface area contributed by atoms with Gasteiger partial charge in [0.25, 0.3) is 5.91 Å². The van der Waals surface area contributed by atoms with Crippen LogP contribution >= 0.6 is 27.3 Å². The van der Waals surface area contributed by atoms with Crippen molar-refractivity contribution in [2.45, 2.75) is 18.9 Å². The first kappa shape index (κ1) is 28.6. The zero-order valence-electron chi connectivity index (χ0n) is 21.0. The van der Waals surface area contributed by atoms with Crippen molar-refractivity contribution in [3.63, 3.8) is 0 Å². The van der Waals surface area contributed by atoms with Crippen molar-refractivity contribution in [1.82, 2.24) is 5.32 Å². The van der Waals surface area contributed by atoms with Crippen LogP contribution < -0.4 is 19.9 Å². The number of benzene rings is 2. The lowest BCUT2D eigenvalue weighted by atomic mass is 9.91. The second kappa shape index (κ2) is 13.1. The number of piperidine rings is 1. The van der Waals surface area contributed by atoms with Gasteiger partial charge in [0.05, 0.1) is 22.1 Å². The second-order valence-corrected chi connectivity index (χ2v) is 10.5. The van der Waals surface area contributed by atoms with Crippen molar-refractivity contribution in [1.29, 1.82) is 0 Å². The van der Waals surface area contributed by atoms with Gasteiger partial charge in [-0.15, -0.1) is 11.3 Å². The molecule has 12 heteroatoms.